The molecule has 0 aliphatic heterocycles. The van der Waals surface area contributed by atoms with Gasteiger partial charge in [-0.05, 0) is 6.07 Å². The maximum Gasteiger partial charge on any atom is 0.253 e. The third kappa shape index (κ3) is 1.47. The quantitative estimate of drug-likeness (QED) is 0.743. The summed E-state index contributed by atoms with van der Waals surface area (Å²) in [4.78, 5) is 4.01. The normalized spacial score (nSPS) is 10.7. The number of fused-ring (bicyclic) bond motifs is 1. The van der Waals surface area contributed by atoms with Crippen LogP contribution >= 0.6 is 24.2 Å². The zero-order chi connectivity index (χ0) is 9.42. The molecule has 68 valence electrons. The number of rotatable bonds is 1. The van der Waals surface area contributed by atoms with Crippen molar-refractivity contribution < 1.29 is 9.15 Å². The molecule has 13 heavy (non-hydrogen) atoms. The molecule has 0 aliphatic carbocycles. The number of nitrogens with zero attached hydrogens (tertiary/aromatic N) is 1. The number of halogens is 1. The van der Waals surface area contributed by atoms with Crippen LogP contribution in [0.3, 0.4) is 0 Å². The molecular weight excluding hydrogens is 210 g/mol. The van der Waals surface area contributed by atoms with Gasteiger partial charge in [-0.25, -0.2) is 4.98 Å². The Balaban J connectivity index is 2.72. The van der Waals surface area contributed by atoms with E-state index in [2.05, 4.69) is 17.6 Å². The highest BCUT2D eigenvalue weighted by Gasteiger charge is 2.07. The van der Waals surface area contributed by atoms with Crippen molar-refractivity contribution in [1.29, 1.82) is 0 Å². The molecule has 2 aromatic rings. The van der Waals surface area contributed by atoms with Crippen molar-refractivity contribution in [2.24, 2.45) is 0 Å². The van der Waals surface area contributed by atoms with Crippen molar-refractivity contribution in [3.63, 3.8) is 0 Å². The summed E-state index contributed by atoms with van der Waals surface area (Å²) in [6.45, 7) is 0. The first-order chi connectivity index (χ1) is 6.20. The van der Waals surface area contributed by atoms with Gasteiger partial charge in [0.2, 0.25) is 0 Å². The van der Waals surface area contributed by atoms with Crippen LogP contribution < -0.4 is 4.74 Å². The average molecular weight is 216 g/mol. The maximum absolute atomic E-state index is 5.88. The van der Waals surface area contributed by atoms with Crippen molar-refractivity contribution in [2.75, 3.05) is 7.11 Å². The minimum Gasteiger partial charge on any atom is -0.495 e. The van der Waals surface area contributed by atoms with Crippen LogP contribution in [0.15, 0.2) is 21.8 Å². The first-order valence-electron chi connectivity index (χ1n) is 3.54. The SMILES string of the molecule is COc1cc2oc(S)nc2cc1Cl. The second-order valence-corrected chi connectivity index (χ2v) is 3.24. The predicted molar refractivity (Wildman–Crippen MR) is 52.8 cm³/mol. The van der Waals surface area contributed by atoms with Crippen LogP contribution in [0.5, 0.6) is 5.75 Å². The highest BCUT2D eigenvalue weighted by molar-refractivity contribution is 7.80. The van der Waals surface area contributed by atoms with E-state index in [1.165, 1.54) is 0 Å². The third-order valence-corrected chi connectivity index (χ3v) is 2.14. The minimum atomic E-state index is 0.319. The van der Waals surface area contributed by atoms with Gasteiger partial charge in [0.25, 0.3) is 5.22 Å². The predicted octanol–water partition coefficient (Wildman–Crippen LogP) is 2.78. The Kier molecular flexibility index (Phi) is 2.09. The fraction of sp³-hybridized carbons (Fsp3) is 0.125. The Morgan fingerprint density at radius 2 is 2.31 bits per heavy atom. The van der Waals surface area contributed by atoms with Crippen molar-refractivity contribution >= 4 is 35.3 Å². The summed E-state index contributed by atoms with van der Waals surface area (Å²) in [6, 6.07) is 3.36. The maximum atomic E-state index is 5.88. The fourth-order valence-electron chi connectivity index (χ4n) is 1.07. The first-order valence-corrected chi connectivity index (χ1v) is 4.36. The van der Waals surface area contributed by atoms with Gasteiger partial charge in [0.1, 0.15) is 11.3 Å². The molecule has 0 N–H and O–H groups in total. The molecule has 0 bridgehead atoms. The van der Waals surface area contributed by atoms with Crippen LogP contribution in [-0.2, 0) is 0 Å². The molecule has 0 radical (unpaired) electrons. The molecule has 1 aromatic carbocycles. The Hall–Kier alpha value is -0.870. The first kappa shape index (κ1) is 8.72. The molecule has 0 unspecified atom stereocenters. The smallest absolute Gasteiger partial charge is 0.253 e. The van der Waals surface area contributed by atoms with E-state index in [-0.39, 0.29) is 0 Å². The van der Waals surface area contributed by atoms with E-state index in [9.17, 15) is 0 Å². The highest BCUT2D eigenvalue weighted by atomic mass is 35.5. The Bertz CT molecular complexity index is 455. The lowest BCUT2D eigenvalue weighted by molar-refractivity contribution is 0.413. The summed E-state index contributed by atoms with van der Waals surface area (Å²) in [5.41, 5.74) is 1.29. The highest BCUT2D eigenvalue weighted by Crippen LogP contribution is 2.30. The van der Waals surface area contributed by atoms with Gasteiger partial charge in [0.05, 0.1) is 12.1 Å². The van der Waals surface area contributed by atoms with E-state index in [0.29, 0.717) is 27.1 Å². The van der Waals surface area contributed by atoms with Crippen LogP contribution in [0.2, 0.25) is 5.02 Å². The molecule has 0 atom stereocenters. The number of oxazole rings is 1. The largest absolute Gasteiger partial charge is 0.495 e. The molecule has 1 aromatic heterocycles. The zero-order valence-electron chi connectivity index (χ0n) is 6.74. The summed E-state index contributed by atoms with van der Waals surface area (Å²) in [6.07, 6.45) is 0. The van der Waals surface area contributed by atoms with Gasteiger partial charge in [0, 0.05) is 6.07 Å². The van der Waals surface area contributed by atoms with Crippen molar-refractivity contribution in [1.82, 2.24) is 4.98 Å². The van der Waals surface area contributed by atoms with E-state index in [1.54, 1.807) is 19.2 Å². The van der Waals surface area contributed by atoms with Crippen molar-refractivity contribution in [2.45, 2.75) is 5.22 Å². The number of thiol groups is 1. The lowest BCUT2D eigenvalue weighted by Gasteiger charge is -2.00. The fourth-order valence-corrected chi connectivity index (χ4v) is 1.52. The summed E-state index contributed by atoms with van der Waals surface area (Å²) in [5, 5.41) is 0.830. The molecule has 0 spiro atoms. The van der Waals surface area contributed by atoms with Crippen molar-refractivity contribution in [3.05, 3.63) is 17.2 Å². The van der Waals surface area contributed by atoms with Gasteiger partial charge < -0.3 is 9.15 Å². The molecule has 0 saturated carbocycles. The number of benzene rings is 1. The van der Waals surface area contributed by atoms with Crippen LogP contribution in [0.1, 0.15) is 0 Å². The van der Waals surface area contributed by atoms with E-state index in [0.717, 1.165) is 0 Å². The molecule has 1 heterocycles. The molecule has 5 heteroatoms. The van der Waals surface area contributed by atoms with Crippen LogP contribution in [0.4, 0.5) is 0 Å². The number of hydrogen-bond donors (Lipinski definition) is 1. The van der Waals surface area contributed by atoms with Gasteiger partial charge in [-0.1, -0.05) is 24.2 Å². The molecule has 0 fully saturated rings. The molecule has 2 rings (SSSR count). The second kappa shape index (κ2) is 3.12. The van der Waals surface area contributed by atoms with Gasteiger partial charge in [-0.2, -0.15) is 0 Å². The molecule has 3 nitrogen and oxygen atoms in total. The summed E-state index contributed by atoms with van der Waals surface area (Å²) in [5.74, 6) is 0.568. The van der Waals surface area contributed by atoms with Gasteiger partial charge in [-0.3, -0.25) is 0 Å². The molecule has 0 saturated heterocycles. The topological polar surface area (TPSA) is 35.3 Å². The standard InChI is InChI=1S/C8H6ClNO2S/c1-11-6-3-7-5(2-4(6)9)10-8(13)12-7/h2-3H,1H3,(H,10,13). The second-order valence-electron chi connectivity index (χ2n) is 2.45. The summed E-state index contributed by atoms with van der Waals surface area (Å²) in [7, 11) is 1.55. The molecule has 0 aliphatic rings. The average Bonchev–Trinajstić information content (AvgIpc) is 2.42. The van der Waals surface area contributed by atoms with E-state index in [4.69, 9.17) is 20.8 Å². The molecular formula is C8H6ClNO2S. The summed E-state index contributed by atoms with van der Waals surface area (Å²) >= 11 is 9.86. The minimum absolute atomic E-state index is 0.319. The van der Waals surface area contributed by atoms with Gasteiger partial charge in [-0.15, -0.1) is 0 Å². The van der Waals surface area contributed by atoms with Crippen LogP contribution in [0, 0.1) is 0 Å². The Labute approximate surface area is 85.1 Å². The Morgan fingerprint density at radius 1 is 1.54 bits per heavy atom. The van der Waals surface area contributed by atoms with E-state index in [1.807, 2.05) is 0 Å². The lowest BCUT2D eigenvalue weighted by Crippen LogP contribution is -1.83. The number of aromatic nitrogens is 1. The Morgan fingerprint density at radius 3 is 3.00 bits per heavy atom. The number of hydrogen-bond acceptors (Lipinski definition) is 4. The number of methoxy groups -OCH3 is 1. The third-order valence-electron chi connectivity index (χ3n) is 1.65. The van der Waals surface area contributed by atoms with E-state index >= 15 is 0 Å². The monoisotopic (exact) mass is 215 g/mol. The zero-order valence-corrected chi connectivity index (χ0v) is 8.39. The van der Waals surface area contributed by atoms with Gasteiger partial charge >= 0.3 is 0 Å². The lowest BCUT2D eigenvalue weighted by atomic mass is 10.3. The molecule has 0 amide bonds. The van der Waals surface area contributed by atoms with E-state index < -0.39 is 0 Å². The van der Waals surface area contributed by atoms with Crippen LogP contribution in [0.25, 0.3) is 11.1 Å². The van der Waals surface area contributed by atoms with Crippen LogP contribution in [-0.4, -0.2) is 12.1 Å². The summed E-state index contributed by atoms with van der Waals surface area (Å²) < 4.78 is 10.2. The van der Waals surface area contributed by atoms with Crippen molar-refractivity contribution in [3.8, 4) is 5.75 Å². The van der Waals surface area contributed by atoms with Gasteiger partial charge in [0.15, 0.2) is 5.58 Å². The number of ether oxygens (including phenoxy) is 1.